The first kappa shape index (κ1) is 13.4. The lowest BCUT2D eigenvalue weighted by atomic mass is 10.0. The highest BCUT2D eigenvalue weighted by molar-refractivity contribution is 5.86. The molecule has 0 saturated heterocycles. The van der Waals surface area contributed by atoms with Gasteiger partial charge in [0.1, 0.15) is 5.82 Å². The van der Waals surface area contributed by atoms with Crippen LogP contribution in [0.3, 0.4) is 0 Å². The highest BCUT2D eigenvalue weighted by Crippen LogP contribution is 2.19. The van der Waals surface area contributed by atoms with Gasteiger partial charge >= 0.3 is 0 Å². The minimum absolute atomic E-state index is 0. The monoisotopic (exact) mass is 270 g/mol. The van der Waals surface area contributed by atoms with Crippen molar-refractivity contribution in [2.45, 2.75) is 6.54 Å². The van der Waals surface area contributed by atoms with E-state index in [-0.39, 0.29) is 12.4 Å². The number of nitrogens with one attached hydrogen (secondary N) is 1. The van der Waals surface area contributed by atoms with Crippen molar-refractivity contribution < 1.29 is 0 Å². The summed E-state index contributed by atoms with van der Waals surface area (Å²) in [7, 11) is 0. The Morgan fingerprint density at radius 3 is 2.47 bits per heavy atom. The molecule has 1 aromatic heterocycles. The van der Waals surface area contributed by atoms with Crippen molar-refractivity contribution >= 4 is 29.0 Å². The van der Waals surface area contributed by atoms with Gasteiger partial charge in [0.25, 0.3) is 0 Å². The molecule has 0 aliphatic heterocycles. The summed E-state index contributed by atoms with van der Waals surface area (Å²) in [4.78, 5) is 4.26. The van der Waals surface area contributed by atoms with Crippen LogP contribution >= 0.6 is 12.4 Å². The van der Waals surface area contributed by atoms with Crippen LogP contribution in [-0.4, -0.2) is 4.98 Å². The standard InChI is InChI=1S/C16H14N2.ClH/c1-2-9-15-13(6-1)7-5-8-14(15)12-18-16-10-3-4-11-17-16;/h1-11H,12H2,(H,17,18);1H. The molecular formula is C16H15ClN2. The SMILES string of the molecule is Cl.c1ccc(NCc2cccc3ccccc23)nc1. The molecule has 0 saturated carbocycles. The van der Waals surface area contributed by atoms with Crippen LogP contribution in [-0.2, 0) is 6.54 Å². The second-order valence-electron chi connectivity index (χ2n) is 4.21. The third-order valence-corrected chi connectivity index (χ3v) is 3.00. The van der Waals surface area contributed by atoms with Crippen LogP contribution in [0.5, 0.6) is 0 Å². The first-order valence-electron chi connectivity index (χ1n) is 6.05. The van der Waals surface area contributed by atoms with Gasteiger partial charge in [-0.2, -0.15) is 0 Å². The van der Waals surface area contributed by atoms with Crippen molar-refractivity contribution in [1.29, 1.82) is 0 Å². The molecule has 3 rings (SSSR count). The molecule has 3 aromatic rings. The molecule has 2 aromatic carbocycles. The van der Waals surface area contributed by atoms with Crippen molar-refractivity contribution in [3.05, 3.63) is 72.4 Å². The lowest BCUT2D eigenvalue weighted by molar-refractivity contribution is 1.12. The largest absolute Gasteiger partial charge is 0.366 e. The molecule has 2 nitrogen and oxygen atoms in total. The number of hydrogen-bond donors (Lipinski definition) is 1. The first-order valence-corrected chi connectivity index (χ1v) is 6.05. The van der Waals surface area contributed by atoms with Gasteiger partial charge in [0.2, 0.25) is 0 Å². The van der Waals surface area contributed by atoms with Gasteiger partial charge in [-0.1, -0.05) is 48.5 Å². The van der Waals surface area contributed by atoms with Crippen LogP contribution in [0.15, 0.2) is 66.9 Å². The van der Waals surface area contributed by atoms with Crippen LogP contribution in [0, 0.1) is 0 Å². The van der Waals surface area contributed by atoms with Crippen LogP contribution < -0.4 is 5.32 Å². The van der Waals surface area contributed by atoms with Gasteiger partial charge in [-0.3, -0.25) is 0 Å². The number of nitrogens with zero attached hydrogens (tertiary/aromatic N) is 1. The number of aromatic nitrogens is 1. The summed E-state index contributed by atoms with van der Waals surface area (Å²) >= 11 is 0. The van der Waals surface area contributed by atoms with Crippen LogP contribution in [0.1, 0.15) is 5.56 Å². The molecule has 0 fully saturated rings. The molecule has 96 valence electrons. The van der Waals surface area contributed by atoms with E-state index < -0.39 is 0 Å². The first-order chi connectivity index (χ1) is 8.93. The molecule has 19 heavy (non-hydrogen) atoms. The van der Waals surface area contributed by atoms with E-state index in [0.29, 0.717) is 0 Å². The van der Waals surface area contributed by atoms with Crippen LogP contribution in [0.2, 0.25) is 0 Å². The highest BCUT2D eigenvalue weighted by Gasteiger charge is 2.00. The third kappa shape index (κ3) is 3.04. The molecule has 0 bridgehead atoms. The summed E-state index contributed by atoms with van der Waals surface area (Å²) in [6.45, 7) is 0.790. The summed E-state index contributed by atoms with van der Waals surface area (Å²) in [5.41, 5.74) is 1.29. The number of benzene rings is 2. The van der Waals surface area contributed by atoms with Crippen LogP contribution in [0.4, 0.5) is 5.82 Å². The van der Waals surface area contributed by atoms with E-state index in [9.17, 15) is 0 Å². The predicted molar refractivity (Wildman–Crippen MR) is 82.8 cm³/mol. The van der Waals surface area contributed by atoms with E-state index in [1.165, 1.54) is 16.3 Å². The van der Waals surface area contributed by atoms with Crippen LogP contribution in [0.25, 0.3) is 10.8 Å². The Balaban J connectivity index is 0.00000133. The topological polar surface area (TPSA) is 24.9 Å². The number of fused-ring (bicyclic) bond motifs is 1. The maximum absolute atomic E-state index is 4.26. The Morgan fingerprint density at radius 2 is 1.63 bits per heavy atom. The third-order valence-electron chi connectivity index (χ3n) is 3.00. The lowest BCUT2D eigenvalue weighted by Gasteiger charge is -2.08. The zero-order valence-electron chi connectivity index (χ0n) is 10.4. The van der Waals surface area contributed by atoms with Gasteiger partial charge in [0, 0.05) is 12.7 Å². The zero-order valence-corrected chi connectivity index (χ0v) is 11.2. The van der Waals surface area contributed by atoms with E-state index in [1.807, 2.05) is 18.2 Å². The Hall–Kier alpha value is -2.06. The Labute approximate surface area is 118 Å². The molecule has 0 unspecified atom stereocenters. The van der Waals surface area contributed by atoms with Gasteiger partial charge in [-0.15, -0.1) is 12.4 Å². The second kappa shape index (κ2) is 6.21. The summed E-state index contributed by atoms with van der Waals surface area (Å²) in [6, 6.07) is 20.7. The molecule has 1 N–H and O–H groups in total. The number of hydrogen-bond acceptors (Lipinski definition) is 2. The molecule has 0 aliphatic rings. The van der Waals surface area contributed by atoms with Gasteiger partial charge in [0.15, 0.2) is 0 Å². The second-order valence-corrected chi connectivity index (χ2v) is 4.21. The minimum atomic E-state index is 0. The number of halogens is 1. The number of pyridine rings is 1. The van der Waals surface area contributed by atoms with E-state index in [1.54, 1.807) is 6.20 Å². The molecule has 3 heteroatoms. The maximum atomic E-state index is 4.26. The van der Waals surface area contributed by atoms with Crippen molar-refractivity contribution in [3.8, 4) is 0 Å². The fraction of sp³-hybridized carbons (Fsp3) is 0.0625. The number of anilines is 1. The fourth-order valence-electron chi connectivity index (χ4n) is 2.10. The average molecular weight is 271 g/mol. The van der Waals surface area contributed by atoms with Gasteiger partial charge in [-0.05, 0) is 28.5 Å². The van der Waals surface area contributed by atoms with Crippen molar-refractivity contribution in [2.24, 2.45) is 0 Å². The molecular weight excluding hydrogens is 256 g/mol. The minimum Gasteiger partial charge on any atom is -0.366 e. The predicted octanol–water partition coefficient (Wildman–Crippen LogP) is 4.27. The van der Waals surface area contributed by atoms with E-state index in [0.717, 1.165) is 12.4 Å². The Morgan fingerprint density at radius 1 is 0.842 bits per heavy atom. The van der Waals surface area contributed by atoms with Gasteiger partial charge in [0.05, 0.1) is 0 Å². The zero-order chi connectivity index (χ0) is 12.2. The number of rotatable bonds is 3. The molecule has 0 aliphatic carbocycles. The maximum Gasteiger partial charge on any atom is 0.126 e. The lowest BCUT2D eigenvalue weighted by Crippen LogP contribution is -2.01. The highest BCUT2D eigenvalue weighted by atomic mass is 35.5. The van der Waals surface area contributed by atoms with E-state index in [4.69, 9.17) is 0 Å². The Bertz CT molecular complexity index is 648. The van der Waals surface area contributed by atoms with Crippen molar-refractivity contribution in [1.82, 2.24) is 4.98 Å². The fourth-order valence-corrected chi connectivity index (χ4v) is 2.10. The molecule has 0 amide bonds. The van der Waals surface area contributed by atoms with Gasteiger partial charge < -0.3 is 5.32 Å². The molecule has 0 spiro atoms. The van der Waals surface area contributed by atoms with Gasteiger partial charge in [-0.25, -0.2) is 4.98 Å². The van der Waals surface area contributed by atoms with E-state index in [2.05, 4.69) is 52.8 Å². The van der Waals surface area contributed by atoms with Crippen molar-refractivity contribution in [2.75, 3.05) is 5.32 Å². The molecule has 1 heterocycles. The normalized spacial score (nSPS) is 9.89. The molecule has 0 radical (unpaired) electrons. The summed E-state index contributed by atoms with van der Waals surface area (Å²) < 4.78 is 0. The quantitative estimate of drug-likeness (QED) is 0.769. The summed E-state index contributed by atoms with van der Waals surface area (Å²) in [5, 5.41) is 5.91. The van der Waals surface area contributed by atoms with Crippen molar-refractivity contribution in [3.63, 3.8) is 0 Å². The smallest absolute Gasteiger partial charge is 0.126 e. The van der Waals surface area contributed by atoms with E-state index >= 15 is 0 Å². The summed E-state index contributed by atoms with van der Waals surface area (Å²) in [6.07, 6.45) is 1.80. The summed E-state index contributed by atoms with van der Waals surface area (Å²) in [5.74, 6) is 0.908. The molecule has 0 atom stereocenters. The Kier molecular flexibility index (Phi) is 4.37. The average Bonchev–Trinajstić information content (AvgIpc) is 2.46.